The minimum Gasteiger partial charge on any atom is -0.317 e. The smallest absolute Gasteiger partial charge is 0.317 e. The van der Waals surface area contributed by atoms with E-state index in [2.05, 4.69) is 15.5 Å². The number of carbonyl (C=O) groups excluding carboxylic acids is 1. The van der Waals surface area contributed by atoms with Crippen LogP contribution in [-0.4, -0.2) is 22.8 Å². The normalized spacial score (nSPS) is 11.7. The first-order chi connectivity index (χ1) is 10.9. The number of amides is 1. The number of rotatable bonds is 4. The molecule has 0 spiro atoms. The molecule has 0 radical (unpaired) electrons. The Bertz CT molecular complexity index is 723. The quantitative estimate of drug-likeness (QED) is 0.496. The van der Waals surface area contributed by atoms with Crippen LogP contribution >= 0.6 is 22.9 Å². The number of hydrogen-bond donors (Lipinski definition) is 1. The number of aromatic nitrogens is 1. The minimum atomic E-state index is -0.570. The molecule has 5 nitrogen and oxygen atoms in total. The Morgan fingerprint density at radius 1 is 1.35 bits per heavy atom. The predicted octanol–water partition coefficient (Wildman–Crippen LogP) is 4.63. The number of benzene rings is 1. The van der Waals surface area contributed by atoms with Crippen LogP contribution in [0, 0.1) is 6.92 Å². The number of nitrogens with one attached hydrogen (secondary N) is 1. The molecule has 0 unspecified atom stereocenters. The summed E-state index contributed by atoms with van der Waals surface area (Å²) in [5.41, 5.74) is 2.44. The summed E-state index contributed by atoms with van der Waals surface area (Å²) in [6.07, 6.45) is -0.570. The van der Waals surface area contributed by atoms with Crippen LogP contribution in [-0.2, 0) is 4.84 Å². The number of aryl methyl sites for hydroxylation is 1. The Balaban J connectivity index is 2.17. The van der Waals surface area contributed by atoms with Crippen molar-refractivity contribution >= 4 is 34.7 Å². The minimum absolute atomic E-state index is 0.000320. The van der Waals surface area contributed by atoms with Crippen molar-refractivity contribution in [1.82, 2.24) is 10.3 Å². The highest BCUT2D eigenvalue weighted by Gasteiger charge is 2.13. The van der Waals surface area contributed by atoms with Crippen molar-refractivity contribution in [3.63, 3.8) is 0 Å². The maximum Gasteiger partial charge on any atom is 0.433 e. The number of halogens is 1. The Labute approximate surface area is 144 Å². The van der Waals surface area contributed by atoms with E-state index in [1.165, 1.54) is 11.3 Å². The van der Waals surface area contributed by atoms with E-state index in [4.69, 9.17) is 16.4 Å². The molecule has 1 amide bonds. The van der Waals surface area contributed by atoms with Crippen molar-refractivity contribution in [2.75, 3.05) is 0 Å². The first kappa shape index (κ1) is 17.4. The molecule has 0 saturated carbocycles. The predicted molar refractivity (Wildman–Crippen MR) is 94.3 cm³/mol. The van der Waals surface area contributed by atoms with Crippen molar-refractivity contribution in [3.05, 3.63) is 39.9 Å². The second kappa shape index (κ2) is 7.57. The fourth-order valence-corrected chi connectivity index (χ4v) is 3.00. The van der Waals surface area contributed by atoms with E-state index < -0.39 is 6.09 Å². The summed E-state index contributed by atoms with van der Waals surface area (Å²) in [5.74, 6) is 0. The van der Waals surface area contributed by atoms with E-state index in [1.807, 2.05) is 45.0 Å². The van der Waals surface area contributed by atoms with Gasteiger partial charge in [0.15, 0.2) is 0 Å². The Morgan fingerprint density at radius 2 is 2.00 bits per heavy atom. The maximum atomic E-state index is 11.5. The molecule has 2 rings (SSSR count). The van der Waals surface area contributed by atoms with Gasteiger partial charge in [0, 0.05) is 16.6 Å². The van der Waals surface area contributed by atoms with Gasteiger partial charge in [-0.25, -0.2) is 9.78 Å². The van der Waals surface area contributed by atoms with Crippen LogP contribution in [0.5, 0.6) is 0 Å². The van der Waals surface area contributed by atoms with Crippen molar-refractivity contribution in [1.29, 1.82) is 0 Å². The summed E-state index contributed by atoms with van der Waals surface area (Å²) in [6, 6.07) is 7.49. The van der Waals surface area contributed by atoms with Crippen molar-refractivity contribution in [3.8, 4) is 10.6 Å². The molecule has 7 heteroatoms. The molecule has 0 aliphatic rings. The lowest BCUT2D eigenvalue weighted by Gasteiger charge is -2.05. The van der Waals surface area contributed by atoms with Crippen LogP contribution in [0.3, 0.4) is 0 Å². The van der Waals surface area contributed by atoms with Crippen molar-refractivity contribution in [2.45, 2.75) is 33.7 Å². The first-order valence-electron chi connectivity index (χ1n) is 7.12. The van der Waals surface area contributed by atoms with E-state index in [-0.39, 0.29) is 6.04 Å². The molecule has 1 heterocycles. The van der Waals surface area contributed by atoms with Crippen LogP contribution in [0.4, 0.5) is 4.79 Å². The topological polar surface area (TPSA) is 63.6 Å². The maximum absolute atomic E-state index is 11.5. The average molecular weight is 352 g/mol. The molecule has 0 bridgehead atoms. The van der Waals surface area contributed by atoms with Gasteiger partial charge in [-0.3, -0.25) is 4.84 Å². The molecule has 0 aliphatic carbocycles. The van der Waals surface area contributed by atoms with E-state index >= 15 is 0 Å². The third-order valence-corrected chi connectivity index (χ3v) is 4.46. The molecule has 0 atom stereocenters. The van der Waals surface area contributed by atoms with Gasteiger partial charge in [-0.05, 0) is 39.8 Å². The molecule has 1 aromatic carbocycles. The molecule has 0 fully saturated rings. The van der Waals surface area contributed by atoms with Gasteiger partial charge in [-0.1, -0.05) is 28.9 Å². The molecule has 1 N–H and O–H groups in total. The SMILES string of the molecule is C/C(=N\OC(=O)NC(C)C)c1sc(-c2ccc(Cl)cc2)nc1C. The Kier molecular flexibility index (Phi) is 5.74. The van der Waals surface area contributed by atoms with Gasteiger partial charge in [0.25, 0.3) is 0 Å². The number of nitrogens with zero attached hydrogens (tertiary/aromatic N) is 2. The molecule has 2 aromatic rings. The van der Waals surface area contributed by atoms with E-state index in [1.54, 1.807) is 6.92 Å². The number of hydrogen-bond acceptors (Lipinski definition) is 5. The molecule has 0 aliphatic heterocycles. The van der Waals surface area contributed by atoms with Crippen molar-refractivity contribution in [2.24, 2.45) is 5.16 Å². The van der Waals surface area contributed by atoms with Crippen LogP contribution in [0.1, 0.15) is 31.3 Å². The van der Waals surface area contributed by atoms with Crippen LogP contribution < -0.4 is 5.32 Å². The zero-order chi connectivity index (χ0) is 17.0. The van der Waals surface area contributed by atoms with Gasteiger partial charge in [-0.2, -0.15) is 0 Å². The van der Waals surface area contributed by atoms with Crippen LogP contribution in [0.25, 0.3) is 10.6 Å². The highest BCUT2D eigenvalue weighted by molar-refractivity contribution is 7.17. The summed E-state index contributed by atoms with van der Waals surface area (Å²) >= 11 is 7.40. The molecular weight excluding hydrogens is 334 g/mol. The second-order valence-electron chi connectivity index (χ2n) is 5.29. The van der Waals surface area contributed by atoms with Gasteiger partial charge < -0.3 is 5.32 Å². The highest BCUT2D eigenvalue weighted by Crippen LogP contribution is 2.29. The summed E-state index contributed by atoms with van der Waals surface area (Å²) in [4.78, 5) is 21.7. The lowest BCUT2D eigenvalue weighted by Crippen LogP contribution is -2.29. The van der Waals surface area contributed by atoms with E-state index in [0.717, 1.165) is 21.1 Å². The number of carbonyl (C=O) groups is 1. The van der Waals surface area contributed by atoms with Gasteiger partial charge >= 0.3 is 6.09 Å². The lowest BCUT2D eigenvalue weighted by molar-refractivity contribution is 0.148. The summed E-state index contributed by atoms with van der Waals surface area (Å²) < 4.78 is 0. The van der Waals surface area contributed by atoms with Crippen molar-refractivity contribution < 1.29 is 9.63 Å². The fourth-order valence-electron chi connectivity index (χ4n) is 1.86. The third kappa shape index (κ3) is 4.77. The summed E-state index contributed by atoms with van der Waals surface area (Å²) in [7, 11) is 0. The Hall–Kier alpha value is -1.92. The van der Waals surface area contributed by atoms with Gasteiger partial charge in [0.05, 0.1) is 16.3 Å². The number of thiazole rings is 1. The zero-order valence-corrected chi connectivity index (χ0v) is 15.0. The van der Waals surface area contributed by atoms with Gasteiger partial charge in [-0.15, -0.1) is 11.3 Å². The van der Waals surface area contributed by atoms with Crippen LogP contribution in [0.15, 0.2) is 29.4 Å². The largest absolute Gasteiger partial charge is 0.433 e. The van der Waals surface area contributed by atoms with E-state index in [0.29, 0.717) is 10.7 Å². The molecule has 23 heavy (non-hydrogen) atoms. The van der Waals surface area contributed by atoms with Gasteiger partial charge in [0.1, 0.15) is 5.01 Å². The van der Waals surface area contributed by atoms with Crippen LogP contribution in [0.2, 0.25) is 5.02 Å². The summed E-state index contributed by atoms with van der Waals surface area (Å²) in [6.45, 7) is 7.39. The first-order valence-corrected chi connectivity index (χ1v) is 8.32. The lowest BCUT2D eigenvalue weighted by atomic mass is 10.2. The molecule has 122 valence electrons. The highest BCUT2D eigenvalue weighted by atomic mass is 35.5. The van der Waals surface area contributed by atoms with E-state index in [9.17, 15) is 4.79 Å². The average Bonchev–Trinajstić information content (AvgIpc) is 2.87. The standard InChI is InChI=1S/C16H18ClN3O2S/c1-9(2)18-16(21)22-20-11(4)14-10(3)19-15(23-14)12-5-7-13(17)8-6-12/h5-9H,1-4H3,(H,18,21)/b20-11+. The molecular formula is C16H18ClN3O2S. The Morgan fingerprint density at radius 3 is 2.61 bits per heavy atom. The number of oxime groups is 1. The monoisotopic (exact) mass is 351 g/mol. The second-order valence-corrected chi connectivity index (χ2v) is 6.73. The molecule has 0 saturated heterocycles. The molecule has 1 aromatic heterocycles. The van der Waals surface area contributed by atoms with Gasteiger partial charge in [0.2, 0.25) is 0 Å². The summed E-state index contributed by atoms with van der Waals surface area (Å²) in [5, 5.41) is 8.05. The third-order valence-electron chi connectivity index (χ3n) is 2.89. The zero-order valence-electron chi connectivity index (χ0n) is 13.4. The fraction of sp³-hybridized carbons (Fsp3) is 0.312.